The first-order valence-corrected chi connectivity index (χ1v) is 14.3. The Bertz CT molecular complexity index is 983. The summed E-state index contributed by atoms with van der Waals surface area (Å²) in [6.45, 7) is 7.45. The largest absolute Gasteiger partial charge is 0.481 e. The molecule has 1 heterocycles. The van der Waals surface area contributed by atoms with E-state index in [1.807, 2.05) is 18.2 Å². The zero-order valence-electron chi connectivity index (χ0n) is 21.3. The van der Waals surface area contributed by atoms with Crippen LogP contribution in [0.2, 0.25) is 0 Å². The number of aliphatic carboxylic acids is 1. The predicted octanol–water partition coefficient (Wildman–Crippen LogP) is 6.03. The van der Waals surface area contributed by atoms with E-state index in [1.54, 1.807) is 33.9 Å². The summed E-state index contributed by atoms with van der Waals surface area (Å²) in [4.78, 5) is 28.3. The van der Waals surface area contributed by atoms with Crippen LogP contribution in [0, 0.1) is 5.92 Å². The van der Waals surface area contributed by atoms with Crippen molar-refractivity contribution >= 4 is 19.4 Å². The average Bonchev–Trinajstić information content (AvgIpc) is 3.25. The monoisotopic (exact) mass is 506 g/mol. The first-order chi connectivity index (χ1) is 16.5. The van der Waals surface area contributed by atoms with Crippen molar-refractivity contribution in [2.24, 2.45) is 5.92 Å². The minimum Gasteiger partial charge on any atom is -0.481 e. The van der Waals surface area contributed by atoms with Gasteiger partial charge in [0.15, 0.2) is 0 Å². The third kappa shape index (κ3) is 10.8. The van der Waals surface area contributed by atoms with Crippen molar-refractivity contribution in [2.75, 3.05) is 18.9 Å². The average molecular weight is 507 g/mol. The molecule has 0 aliphatic carbocycles. The maximum absolute atomic E-state index is 13.4. The Labute approximate surface area is 208 Å². The molecule has 2 rings (SSSR count). The second-order valence-electron chi connectivity index (χ2n) is 9.76. The first-order valence-electron chi connectivity index (χ1n) is 12.3. The molecule has 0 saturated heterocycles. The lowest BCUT2D eigenvalue weighted by Crippen LogP contribution is -2.26. The van der Waals surface area contributed by atoms with Crippen molar-refractivity contribution in [2.45, 2.75) is 71.8 Å². The number of imidazole rings is 1. The Hall–Kier alpha value is -2.44. The smallest absolute Gasteiger partial charge is 0.419 e. The van der Waals surface area contributed by atoms with Gasteiger partial charge in [-0.2, -0.15) is 0 Å². The number of carbonyl (C=O) groups excluding carboxylic acids is 1. The molecule has 0 fully saturated rings. The van der Waals surface area contributed by atoms with Crippen LogP contribution in [-0.2, 0) is 31.5 Å². The fraction of sp³-hybridized carbons (Fsp3) is 0.577. The van der Waals surface area contributed by atoms with Crippen LogP contribution in [0.15, 0.2) is 42.9 Å². The molecule has 2 aromatic rings. The summed E-state index contributed by atoms with van der Waals surface area (Å²) in [5.41, 5.74) is 1.30. The van der Waals surface area contributed by atoms with Crippen molar-refractivity contribution < 1.29 is 28.5 Å². The maximum Gasteiger partial charge on any atom is 0.419 e. The van der Waals surface area contributed by atoms with Gasteiger partial charge in [0.2, 0.25) is 7.37 Å². The zero-order valence-corrected chi connectivity index (χ0v) is 22.2. The third-order valence-electron chi connectivity index (χ3n) is 5.50. The number of nitrogens with zero attached hydrogens (tertiary/aromatic N) is 2. The topological polar surface area (TPSA) is 108 Å². The van der Waals surface area contributed by atoms with Crippen LogP contribution in [0.1, 0.15) is 64.6 Å². The molecular weight excluding hydrogens is 467 g/mol. The van der Waals surface area contributed by atoms with Gasteiger partial charge in [0, 0.05) is 18.5 Å². The standard InChI is InChI=1S/C26H39N2O6P/c1-5-33-35(32,17-10-9-14-21-12-7-6-8-13-21)19-22(24(29)30)15-11-16-23-18-28(20-27-23)25(31)34-26(2,3)4/h6-8,12-13,18,20,22H,5,9-11,14-17,19H2,1-4H3,(H,29,30). The number of ether oxygens (including phenoxy) is 1. The molecule has 0 spiro atoms. The minimum atomic E-state index is -3.05. The molecule has 35 heavy (non-hydrogen) atoms. The number of aromatic nitrogens is 2. The molecule has 2 unspecified atom stereocenters. The summed E-state index contributed by atoms with van der Waals surface area (Å²) in [6, 6.07) is 10.1. The Kier molecular flexibility index (Phi) is 11.2. The molecule has 1 aromatic carbocycles. The number of hydrogen-bond acceptors (Lipinski definition) is 6. The molecule has 9 heteroatoms. The third-order valence-corrected chi connectivity index (χ3v) is 8.22. The lowest BCUT2D eigenvalue weighted by molar-refractivity contribution is -0.141. The highest BCUT2D eigenvalue weighted by Crippen LogP contribution is 2.50. The predicted molar refractivity (Wildman–Crippen MR) is 136 cm³/mol. The second kappa shape index (κ2) is 13.6. The molecular formula is C26H39N2O6P. The summed E-state index contributed by atoms with van der Waals surface area (Å²) in [6.07, 6.45) is 6.81. The molecule has 2 atom stereocenters. The van der Waals surface area contributed by atoms with Crippen LogP contribution in [0.3, 0.4) is 0 Å². The van der Waals surface area contributed by atoms with Crippen LogP contribution in [-0.4, -0.2) is 51.3 Å². The van der Waals surface area contributed by atoms with E-state index in [2.05, 4.69) is 17.1 Å². The van der Waals surface area contributed by atoms with Crippen LogP contribution in [0.5, 0.6) is 0 Å². The van der Waals surface area contributed by atoms with E-state index in [0.29, 0.717) is 37.7 Å². The number of benzene rings is 1. The lowest BCUT2D eigenvalue weighted by Gasteiger charge is -2.22. The highest BCUT2D eigenvalue weighted by molar-refractivity contribution is 7.59. The van der Waals surface area contributed by atoms with E-state index in [0.717, 1.165) is 19.3 Å². The molecule has 0 radical (unpaired) electrons. The van der Waals surface area contributed by atoms with Crippen molar-refractivity contribution in [1.29, 1.82) is 0 Å². The molecule has 1 N–H and O–H groups in total. The zero-order chi connectivity index (χ0) is 25.9. The van der Waals surface area contributed by atoms with Gasteiger partial charge < -0.3 is 14.4 Å². The Balaban J connectivity index is 1.86. The quantitative estimate of drug-likeness (QED) is 0.246. The van der Waals surface area contributed by atoms with Crippen molar-refractivity contribution in [3.05, 3.63) is 54.1 Å². The van der Waals surface area contributed by atoms with E-state index in [1.165, 1.54) is 16.5 Å². The molecule has 194 valence electrons. The highest BCUT2D eigenvalue weighted by Gasteiger charge is 2.31. The SMILES string of the molecule is CCOP(=O)(CCCCc1ccccc1)CC(CCCc1cn(C(=O)OC(C)(C)C)cn1)C(=O)O. The summed E-state index contributed by atoms with van der Waals surface area (Å²) in [5, 5.41) is 9.75. The number of hydrogen-bond donors (Lipinski definition) is 1. The molecule has 1 aromatic heterocycles. The number of rotatable bonds is 14. The lowest BCUT2D eigenvalue weighted by atomic mass is 10.0. The Morgan fingerprint density at radius 2 is 1.83 bits per heavy atom. The van der Waals surface area contributed by atoms with Gasteiger partial charge in [-0.3, -0.25) is 9.36 Å². The number of aryl methyl sites for hydroxylation is 2. The summed E-state index contributed by atoms with van der Waals surface area (Å²) < 4.78 is 25.6. The van der Waals surface area contributed by atoms with Crippen molar-refractivity contribution in [3.63, 3.8) is 0 Å². The number of carboxylic acids is 1. The van der Waals surface area contributed by atoms with Gasteiger partial charge in [-0.05, 0) is 71.8 Å². The Morgan fingerprint density at radius 1 is 1.11 bits per heavy atom. The molecule has 0 amide bonds. The molecule has 0 saturated carbocycles. The summed E-state index contributed by atoms with van der Waals surface area (Å²) >= 11 is 0. The number of unbranched alkanes of at least 4 members (excludes halogenated alkanes) is 1. The van der Waals surface area contributed by atoms with E-state index in [-0.39, 0.29) is 6.16 Å². The molecule has 0 bridgehead atoms. The first kappa shape index (κ1) is 28.8. The van der Waals surface area contributed by atoms with Crippen LogP contribution < -0.4 is 0 Å². The second-order valence-corrected chi connectivity index (χ2v) is 12.5. The van der Waals surface area contributed by atoms with Gasteiger partial charge in [0.25, 0.3) is 0 Å². The summed E-state index contributed by atoms with van der Waals surface area (Å²) in [5.74, 6) is -1.72. The van der Waals surface area contributed by atoms with Gasteiger partial charge in [-0.25, -0.2) is 14.3 Å². The molecule has 0 aliphatic heterocycles. The van der Waals surface area contributed by atoms with E-state index >= 15 is 0 Å². The fourth-order valence-electron chi connectivity index (χ4n) is 3.84. The minimum absolute atomic E-state index is 0.0356. The van der Waals surface area contributed by atoms with Crippen molar-refractivity contribution in [3.8, 4) is 0 Å². The van der Waals surface area contributed by atoms with E-state index in [9.17, 15) is 19.3 Å². The van der Waals surface area contributed by atoms with Gasteiger partial charge in [-0.1, -0.05) is 30.3 Å². The maximum atomic E-state index is 13.4. The fourth-order valence-corrected chi connectivity index (χ4v) is 6.44. The van der Waals surface area contributed by atoms with Crippen LogP contribution >= 0.6 is 7.37 Å². The molecule has 0 aliphatic rings. The van der Waals surface area contributed by atoms with Gasteiger partial charge >= 0.3 is 12.1 Å². The van der Waals surface area contributed by atoms with Gasteiger partial charge in [0.05, 0.1) is 18.2 Å². The normalized spacial score (nSPS) is 14.3. The summed E-state index contributed by atoms with van der Waals surface area (Å²) in [7, 11) is -3.05. The van der Waals surface area contributed by atoms with E-state index < -0.39 is 31.0 Å². The van der Waals surface area contributed by atoms with Crippen LogP contribution in [0.25, 0.3) is 0 Å². The Morgan fingerprint density at radius 3 is 2.46 bits per heavy atom. The highest BCUT2D eigenvalue weighted by atomic mass is 31.2. The van der Waals surface area contributed by atoms with Gasteiger partial charge in [0.1, 0.15) is 11.9 Å². The van der Waals surface area contributed by atoms with Crippen LogP contribution in [0.4, 0.5) is 4.79 Å². The number of carbonyl (C=O) groups is 2. The van der Waals surface area contributed by atoms with Crippen molar-refractivity contribution in [1.82, 2.24) is 9.55 Å². The van der Waals surface area contributed by atoms with Gasteiger partial charge in [-0.15, -0.1) is 0 Å². The molecule has 8 nitrogen and oxygen atoms in total. The van der Waals surface area contributed by atoms with E-state index in [4.69, 9.17) is 9.26 Å². The number of carboxylic acid groups (broad SMARTS) is 1.